The number of rotatable bonds is 7. The van der Waals surface area contributed by atoms with E-state index in [1.54, 1.807) is 67.3 Å². The summed E-state index contributed by atoms with van der Waals surface area (Å²) < 4.78 is 23.4. The number of hydrogen-bond donors (Lipinski definition) is 1. The van der Waals surface area contributed by atoms with Gasteiger partial charge in [-0.1, -0.05) is 12.1 Å². The number of aromatic nitrogens is 1. The van der Waals surface area contributed by atoms with Crippen LogP contribution in [0.2, 0.25) is 0 Å². The predicted molar refractivity (Wildman–Crippen MR) is 135 cm³/mol. The van der Waals surface area contributed by atoms with Crippen molar-refractivity contribution in [3.05, 3.63) is 76.5 Å². The van der Waals surface area contributed by atoms with Gasteiger partial charge in [-0.2, -0.15) is 0 Å². The highest BCUT2D eigenvalue weighted by atomic mass is 16.5. The second kappa shape index (κ2) is 9.80. The van der Waals surface area contributed by atoms with E-state index in [9.17, 15) is 9.59 Å². The number of ether oxygens (including phenoxy) is 4. The Morgan fingerprint density at radius 1 is 0.829 bits per heavy atom. The zero-order valence-corrected chi connectivity index (χ0v) is 20.2. The van der Waals surface area contributed by atoms with Crippen molar-refractivity contribution in [1.29, 1.82) is 0 Å². The monoisotopic (exact) mass is 474 g/mol. The van der Waals surface area contributed by atoms with E-state index in [0.29, 0.717) is 56.4 Å². The summed E-state index contributed by atoms with van der Waals surface area (Å²) in [5.41, 5.74) is 1.67. The molecular formula is C27H26N2O6. The summed E-state index contributed by atoms with van der Waals surface area (Å²) in [5, 5.41) is 3.45. The van der Waals surface area contributed by atoms with Gasteiger partial charge in [-0.15, -0.1) is 0 Å². The van der Waals surface area contributed by atoms with E-state index in [1.165, 1.54) is 21.3 Å². The number of para-hydroxylation sites is 1. The van der Waals surface area contributed by atoms with Crippen LogP contribution in [0.15, 0.2) is 65.5 Å². The Bertz CT molecular complexity index is 1430. The number of carbonyl (C=O) groups excluding carboxylic acids is 1. The number of hydrogen-bond acceptors (Lipinski definition) is 6. The van der Waals surface area contributed by atoms with Gasteiger partial charge in [0.2, 0.25) is 5.75 Å². The summed E-state index contributed by atoms with van der Waals surface area (Å²) in [6.07, 6.45) is 0. The molecule has 0 saturated carbocycles. The van der Waals surface area contributed by atoms with E-state index < -0.39 is 0 Å². The standard InChI is InChI=1S/C27H26N2O6/c1-29-20-9-7-6-8-19(20)24(30)23(17-14-21(33-3)25(35-5)22(15-17)34-4)26(29)28-27(31)16-10-12-18(32-2)13-11-16/h6-15H,1-5H3,(H,28,31). The zero-order valence-electron chi connectivity index (χ0n) is 20.2. The molecule has 1 amide bonds. The summed E-state index contributed by atoms with van der Waals surface area (Å²) in [5.74, 6) is 1.79. The number of aryl methyl sites for hydroxylation is 1. The van der Waals surface area contributed by atoms with Crippen LogP contribution in [0.4, 0.5) is 5.82 Å². The molecule has 0 aliphatic carbocycles. The van der Waals surface area contributed by atoms with Crippen LogP contribution >= 0.6 is 0 Å². The minimum atomic E-state index is -0.369. The number of nitrogens with zero attached hydrogens (tertiary/aromatic N) is 1. The Hall–Kier alpha value is -4.46. The van der Waals surface area contributed by atoms with Gasteiger partial charge < -0.3 is 28.8 Å². The van der Waals surface area contributed by atoms with Gasteiger partial charge in [0.1, 0.15) is 11.6 Å². The van der Waals surface area contributed by atoms with Crippen LogP contribution in [0, 0.1) is 0 Å². The predicted octanol–water partition coefficient (Wildman–Crippen LogP) is 4.49. The summed E-state index contributed by atoms with van der Waals surface area (Å²) >= 11 is 0. The maximum Gasteiger partial charge on any atom is 0.256 e. The molecule has 0 aliphatic heterocycles. The molecule has 8 nitrogen and oxygen atoms in total. The molecule has 1 N–H and O–H groups in total. The normalized spacial score (nSPS) is 10.7. The van der Waals surface area contributed by atoms with E-state index in [4.69, 9.17) is 18.9 Å². The average Bonchev–Trinajstić information content (AvgIpc) is 2.90. The molecule has 0 radical (unpaired) electrons. The summed E-state index contributed by atoms with van der Waals surface area (Å²) in [6.45, 7) is 0. The van der Waals surface area contributed by atoms with Gasteiger partial charge >= 0.3 is 0 Å². The van der Waals surface area contributed by atoms with Gasteiger partial charge in [-0.25, -0.2) is 0 Å². The number of carbonyl (C=O) groups is 1. The van der Waals surface area contributed by atoms with Gasteiger partial charge in [-0.05, 0) is 54.1 Å². The molecule has 0 aliphatic rings. The van der Waals surface area contributed by atoms with Crippen LogP contribution < -0.4 is 29.7 Å². The van der Waals surface area contributed by atoms with Crippen LogP contribution in [0.25, 0.3) is 22.0 Å². The highest BCUT2D eigenvalue weighted by Crippen LogP contribution is 2.42. The van der Waals surface area contributed by atoms with Crippen molar-refractivity contribution in [1.82, 2.24) is 4.57 Å². The lowest BCUT2D eigenvalue weighted by Crippen LogP contribution is -2.21. The molecule has 35 heavy (non-hydrogen) atoms. The van der Waals surface area contributed by atoms with Crippen molar-refractivity contribution in [2.45, 2.75) is 0 Å². The Morgan fingerprint density at radius 2 is 1.46 bits per heavy atom. The molecule has 1 aromatic heterocycles. The Labute approximate surface area is 202 Å². The van der Waals surface area contributed by atoms with Crippen molar-refractivity contribution >= 4 is 22.6 Å². The molecule has 0 saturated heterocycles. The first-order valence-corrected chi connectivity index (χ1v) is 10.8. The number of fused-ring (bicyclic) bond motifs is 1. The van der Waals surface area contributed by atoms with Crippen LogP contribution in [-0.2, 0) is 7.05 Å². The molecule has 0 spiro atoms. The molecular weight excluding hydrogens is 448 g/mol. The molecule has 0 bridgehead atoms. The molecule has 4 rings (SSSR count). The molecule has 8 heteroatoms. The number of amides is 1. The Kier molecular flexibility index (Phi) is 6.64. The van der Waals surface area contributed by atoms with E-state index in [2.05, 4.69) is 5.32 Å². The minimum absolute atomic E-state index is 0.238. The second-order valence-corrected chi connectivity index (χ2v) is 7.73. The van der Waals surface area contributed by atoms with Crippen LogP contribution in [0.3, 0.4) is 0 Å². The van der Waals surface area contributed by atoms with Gasteiger partial charge in [0.05, 0.1) is 39.5 Å². The van der Waals surface area contributed by atoms with E-state index >= 15 is 0 Å². The maximum absolute atomic E-state index is 13.8. The zero-order chi connectivity index (χ0) is 25.1. The fourth-order valence-electron chi connectivity index (χ4n) is 4.05. The quantitative estimate of drug-likeness (QED) is 0.425. The van der Waals surface area contributed by atoms with Crippen molar-refractivity contribution in [2.24, 2.45) is 7.05 Å². The smallest absolute Gasteiger partial charge is 0.256 e. The lowest BCUT2D eigenvalue weighted by molar-refractivity contribution is 0.102. The topological polar surface area (TPSA) is 88.0 Å². The third kappa shape index (κ3) is 4.26. The molecule has 0 unspecified atom stereocenters. The highest BCUT2D eigenvalue weighted by Gasteiger charge is 2.22. The van der Waals surface area contributed by atoms with Crippen LogP contribution in [-0.4, -0.2) is 38.9 Å². The summed E-state index contributed by atoms with van der Waals surface area (Å²) in [6, 6.07) is 17.3. The minimum Gasteiger partial charge on any atom is -0.497 e. The third-order valence-corrected chi connectivity index (χ3v) is 5.85. The molecule has 0 fully saturated rings. The number of pyridine rings is 1. The first-order valence-electron chi connectivity index (χ1n) is 10.8. The van der Waals surface area contributed by atoms with Crippen LogP contribution in [0.5, 0.6) is 23.0 Å². The van der Waals surface area contributed by atoms with Crippen molar-refractivity contribution in [2.75, 3.05) is 33.8 Å². The first-order chi connectivity index (χ1) is 16.9. The third-order valence-electron chi connectivity index (χ3n) is 5.85. The van der Waals surface area contributed by atoms with Crippen LogP contribution in [0.1, 0.15) is 10.4 Å². The summed E-state index contributed by atoms with van der Waals surface area (Å²) in [7, 11) is 7.88. The van der Waals surface area contributed by atoms with Gasteiger partial charge in [0, 0.05) is 18.0 Å². The van der Waals surface area contributed by atoms with Crippen molar-refractivity contribution in [3.63, 3.8) is 0 Å². The molecule has 4 aromatic rings. The second-order valence-electron chi connectivity index (χ2n) is 7.73. The number of anilines is 1. The van der Waals surface area contributed by atoms with Gasteiger partial charge in [0.15, 0.2) is 16.9 Å². The molecule has 0 atom stereocenters. The van der Waals surface area contributed by atoms with E-state index in [-0.39, 0.29) is 11.3 Å². The lowest BCUT2D eigenvalue weighted by atomic mass is 10.0. The van der Waals surface area contributed by atoms with E-state index in [0.717, 1.165) is 0 Å². The fraction of sp³-hybridized carbons (Fsp3) is 0.185. The maximum atomic E-state index is 13.8. The van der Waals surface area contributed by atoms with Crippen molar-refractivity contribution < 1.29 is 23.7 Å². The number of methoxy groups -OCH3 is 4. The van der Waals surface area contributed by atoms with Crippen molar-refractivity contribution in [3.8, 4) is 34.1 Å². The largest absolute Gasteiger partial charge is 0.497 e. The Morgan fingerprint density at radius 3 is 2.03 bits per heavy atom. The molecule has 1 heterocycles. The summed E-state index contributed by atoms with van der Waals surface area (Å²) in [4.78, 5) is 27.0. The van der Waals surface area contributed by atoms with Gasteiger partial charge in [-0.3, -0.25) is 9.59 Å². The Balaban J connectivity index is 1.96. The highest BCUT2D eigenvalue weighted by molar-refractivity contribution is 6.07. The SMILES string of the molecule is COc1ccc(C(=O)Nc2c(-c3cc(OC)c(OC)c(OC)c3)c(=O)c3ccccc3n2C)cc1. The number of nitrogens with one attached hydrogen (secondary N) is 1. The van der Waals surface area contributed by atoms with E-state index in [1.807, 2.05) is 12.1 Å². The number of benzene rings is 3. The average molecular weight is 475 g/mol. The molecule has 3 aromatic carbocycles. The lowest BCUT2D eigenvalue weighted by Gasteiger charge is -2.20. The first kappa shape index (κ1) is 23.7. The molecule has 180 valence electrons. The van der Waals surface area contributed by atoms with Gasteiger partial charge in [0.25, 0.3) is 5.91 Å². The fourth-order valence-corrected chi connectivity index (χ4v) is 4.05.